The molecule has 0 radical (unpaired) electrons. The van der Waals surface area contributed by atoms with Crippen LogP contribution in [-0.2, 0) is 23.4 Å². The Hall–Kier alpha value is -4.24. The molecule has 0 spiro atoms. The maximum atomic E-state index is 15.0. The molecule has 0 saturated carbocycles. The average Bonchev–Trinajstić information content (AvgIpc) is 3.38. The second-order valence-electron chi connectivity index (χ2n) is 12.4. The molecule has 0 bridgehead atoms. The quantitative estimate of drug-likeness (QED) is 0.0461. The first-order valence-corrected chi connectivity index (χ1v) is 20.0. The molecule has 13 nitrogen and oxygen atoms in total. The van der Waals surface area contributed by atoms with E-state index < -0.39 is 44.4 Å². The summed E-state index contributed by atoms with van der Waals surface area (Å²) in [5.74, 6) is -4.03. The summed E-state index contributed by atoms with van der Waals surface area (Å²) in [4.78, 5) is 27.8. The summed E-state index contributed by atoms with van der Waals surface area (Å²) in [5.41, 5.74) is 4.34. The summed E-state index contributed by atoms with van der Waals surface area (Å²) in [6.07, 6.45) is 22.7. The number of alkyl halides is 2. The number of carbonyl (C=O) groups is 1. The number of carbonyl (C=O) groups excluding carboxylic acids is 1. The van der Waals surface area contributed by atoms with E-state index in [1.807, 2.05) is 0 Å². The van der Waals surface area contributed by atoms with Crippen LogP contribution in [0.5, 0.6) is 5.75 Å². The van der Waals surface area contributed by atoms with Gasteiger partial charge >= 0.3 is 19.4 Å². The van der Waals surface area contributed by atoms with Crippen molar-refractivity contribution in [1.82, 2.24) is 20.0 Å². The summed E-state index contributed by atoms with van der Waals surface area (Å²) in [5, 5.41) is 15.8. The van der Waals surface area contributed by atoms with Gasteiger partial charge in [0, 0.05) is 25.7 Å². The third kappa shape index (κ3) is 17.0. The second kappa shape index (κ2) is 25.0. The number of amides is 1. The average molecular weight is 790 g/mol. The fourth-order valence-electron chi connectivity index (χ4n) is 5.06. The summed E-state index contributed by atoms with van der Waals surface area (Å²) < 4.78 is 65.9. The van der Waals surface area contributed by atoms with Crippen molar-refractivity contribution in [3.63, 3.8) is 0 Å². The smallest absolute Gasteiger partial charge is 0.413 e. The number of nitrogens with zero attached hydrogens (tertiary/aromatic N) is 2. The molecule has 4 unspecified atom stereocenters. The van der Waals surface area contributed by atoms with Crippen molar-refractivity contribution in [2.75, 3.05) is 38.6 Å². The highest BCUT2D eigenvalue weighted by atomic mass is 31.2. The molecule has 1 aliphatic rings. The van der Waals surface area contributed by atoms with Crippen molar-refractivity contribution in [2.45, 2.75) is 82.6 Å². The van der Waals surface area contributed by atoms with Crippen LogP contribution in [0.3, 0.4) is 0 Å². The van der Waals surface area contributed by atoms with Crippen molar-refractivity contribution < 1.29 is 41.8 Å². The van der Waals surface area contributed by atoms with Gasteiger partial charge in [0.1, 0.15) is 17.7 Å². The predicted octanol–water partition coefficient (Wildman–Crippen LogP) is 6.57. The number of ether oxygens (including phenoxy) is 2. The third-order valence-electron chi connectivity index (χ3n) is 7.91. The van der Waals surface area contributed by atoms with Crippen LogP contribution in [0.15, 0.2) is 108 Å². The molecule has 1 fully saturated rings. The van der Waals surface area contributed by atoms with Crippen molar-refractivity contribution in [3.8, 4) is 5.75 Å². The highest BCUT2D eigenvalue weighted by Gasteiger charge is 2.60. The van der Waals surface area contributed by atoms with Crippen LogP contribution >= 0.6 is 7.75 Å². The largest absolute Gasteiger partial charge is 0.458 e. The number of rotatable bonds is 26. The van der Waals surface area contributed by atoms with Crippen LogP contribution in [0.25, 0.3) is 0 Å². The number of hydrogen-bond acceptors (Lipinski definition) is 10. The topological polar surface area (TPSA) is 176 Å². The van der Waals surface area contributed by atoms with Crippen LogP contribution in [0.2, 0.25) is 0 Å². The Morgan fingerprint density at radius 3 is 2.24 bits per heavy atom. The van der Waals surface area contributed by atoms with Crippen molar-refractivity contribution in [2.24, 2.45) is 0 Å². The van der Waals surface area contributed by atoms with Crippen LogP contribution in [0, 0.1) is 0 Å². The molecule has 1 amide bonds. The number of aliphatic hydroxyl groups excluding tert-OH is 1. The highest BCUT2D eigenvalue weighted by Crippen LogP contribution is 2.47. The summed E-state index contributed by atoms with van der Waals surface area (Å²) >= 11 is 0. The zero-order chi connectivity index (χ0) is 39.8. The minimum Gasteiger partial charge on any atom is -0.413 e. The van der Waals surface area contributed by atoms with Gasteiger partial charge in [-0.1, -0.05) is 85.9 Å². The number of benzene rings is 1. The number of nitrogens with two attached hydrogens (primary N) is 1. The molecule has 16 heteroatoms. The molecule has 0 aliphatic carbocycles. The lowest BCUT2D eigenvalue weighted by atomic mass is 10.1. The van der Waals surface area contributed by atoms with Crippen LogP contribution in [0.4, 0.5) is 14.6 Å². The Morgan fingerprint density at radius 2 is 1.60 bits per heavy atom. The van der Waals surface area contributed by atoms with Gasteiger partial charge in [-0.25, -0.2) is 14.4 Å². The molecular weight excluding hydrogens is 735 g/mol. The molecule has 1 saturated heterocycles. The molecule has 5 N–H and O–H groups in total. The van der Waals surface area contributed by atoms with E-state index in [1.54, 1.807) is 18.2 Å². The Balaban J connectivity index is 1.31. The summed E-state index contributed by atoms with van der Waals surface area (Å²) in [6.45, 7) is 1.81. The van der Waals surface area contributed by atoms with Crippen LogP contribution < -0.4 is 26.4 Å². The predicted molar refractivity (Wildman–Crippen MR) is 209 cm³/mol. The highest BCUT2D eigenvalue weighted by molar-refractivity contribution is 7.52. The first-order chi connectivity index (χ1) is 26.6. The molecule has 55 heavy (non-hydrogen) atoms. The number of hydrogen-bond donors (Lipinski definition) is 4. The van der Waals surface area contributed by atoms with E-state index in [9.17, 15) is 28.0 Å². The van der Waals surface area contributed by atoms with E-state index in [2.05, 4.69) is 83.1 Å². The number of nitrogen functional groups attached to an aromatic ring is 1. The molecule has 1 aromatic heterocycles. The van der Waals surface area contributed by atoms with Crippen molar-refractivity contribution in [3.05, 3.63) is 114 Å². The zero-order valence-corrected chi connectivity index (χ0v) is 32.1. The Bertz CT molecular complexity index is 1690. The Kier molecular flexibility index (Phi) is 20.5. The molecule has 302 valence electrons. The SMILES string of the molecule is CCC=CCC=CCC=CCC=CCC=CCCCC(=O)NCCOCCNP(=O)(OCC1OC(n2ccc(N)nc2=O)C(F)(F)C1O)Oc1ccccc1. The molecule has 3 rings (SSSR count). The lowest BCUT2D eigenvalue weighted by molar-refractivity contribution is -0.140. The maximum absolute atomic E-state index is 15.0. The van der Waals surface area contributed by atoms with Gasteiger partial charge in [0.25, 0.3) is 0 Å². The van der Waals surface area contributed by atoms with Gasteiger partial charge in [0.2, 0.25) is 12.1 Å². The van der Waals surface area contributed by atoms with Gasteiger partial charge in [-0.2, -0.15) is 13.8 Å². The van der Waals surface area contributed by atoms with E-state index in [1.165, 1.54) is 12.1 Å². The molecule has 2 heterocycles. The van der Waals surface area contributed by atoms with E-state index in [0.717, 1.165) is 57.2 Å². The zero-order valence-electron chi connectivity index (χ0n) is 31.2. The standard InChI is InChI=1S/C39H54F2N5O8P/c1-2-3-4-5-6-7-8-9-10-11-12-13-14-15-16-17-21-24-35(47)43-26-29-51-30-27-44-55(50,54-32-22-19-18-20-23-32)52-31-33-36(48)39(40,41)37(53-33)46-28-25-34(42)45-38(46)49/h3-4,6-7,9-10,12-13,15-16,18-20,22-23,25,28,33,36-37,48H,2,5,8,11,14,17,21,24,26-27,29-31H2,1H3,(H,43,47)(H,44,50)(H2,42,45,49). The number of aromatic nitrogens is 2. The van der Waals surface area contributed by atoms with Gasteiger partial charge in [-0.3, -0.25) is 13.9 Å². The number of halogens is 2. The van der Waals surface area contributed by atoms with Gasteiger partial charge in [0.15, 0.2) is 6.10 Å². The van der Waals surface area contributed by atoms with Gasteiger partial charge < -0.3 is 30.2 Å². The molecule has 4 atom stereocenters. The monoisotopic (exact) mass is 789 g/mol. The third-order valence-corrected chi connectivity index (χ3v) is 9.46. The fourth-order valence-corrected chi connectivity index (χ4v) is 6.38. The normalized spacial score (nSPS) is 19.7. The number of allylic oxidation sites excluding steroid dienone is 10. The minimum atomic E-state index is -4.23. The second-order valence-corrected chi connectivity index (χ2v) is 14.1. The molecule has 1 aliphatic heterocycles. The Morgan fingerprint density at radius 1 is 0.982 bits per heavy atom. The first-order valence-electron chi connectivity index (χ1n) is 18.5. The Labute approximate surface area is 321 Å². The lowest BCUT2D eigenvalue weighted by Gasteiger charge is -2.22. The number of para-hydroxylation sites is 1. The summed E-state index contributed by atoms with van der Waals surface area (Å²) in [6, 6.07) is 9.15. The van der Waals surface area contributed by atoms with E-state index in [-0.39, 0.29) is 43.8 Å². The lowest BCUT2D eigenvalue weighted by Crippen LogP contribution is -2.42. The number of unbranched alkanes of at least 4 members (excludes halogenated alkanes) is 1. The summed E-state index contributed by atoms with van der Waals surface area (Å²) in [7, 11) is -4.23. The van der Waals surface area contributed by atoms with E-state index in [0.29, 0.717) is 11.0 Å². The molecule has 1 aromatic carbocycles. The van der Waals surface area contributed by atoms with Crippen molar-refractivity contribution in [1.29, 1.82) is 0 Å². The van der Waals surface area contributed by atoms with E-state index in [4.69, 9.17) is 24.3 Å². The van der Waals surface area contributed by atoms with Crippen LogP contribution in [0.1, 0.15) is 64.5 Å². The molecular formula is C39H54F2N5O8P. The van der Waals surface area contributed by atoms with Gasteiger partial charge in [-0.05, 0) is 63.1 Å². The van der Waals surface area contributed by atoms with Crippen LogP contribution in [-0.4, -0.2) is 71.6 Å². The van der Waals surface area contributed by atoms with E-state index >= 15 is 0 Å². The number of aliphatic hydroxyl groups is 1. The fraction of sp³-hybridized carbons (Fsp3) is 0.462. The molecule has 2 aromatic rings. The van der Waals surface area contributed by atoms with Crippen molar-refractivity contribution >= 4 is 19.5 Å². The minimum absolute atomic E-state index is 0.0370. The van der Waals surface area contributed by atoms with Gasteiger partial charge in [-0.15, -0.1) is 0 Å². The maximum Gasteiger partial charge on any atom is 0.458 e. The number of anilines is 1. The number of nitrogens with one attached hydrogen (secondary N) is 2. The van der Waals surface area contributed by atoms with Gasteiger partial charge in [0.05, 0.1) is 19.8 Å². The first kappa shape index (κ1) is 45.2.